The molecule has 9 heteroatoms. The van der Waals surface area contributed by atoms with E-state index in [2.05, 4.69) is 9.97 Å². The molecule has 0 radical (unpaired) electrons. The summed E-state index contributed by atoms with van der Waals surface area (Å²) in [5.74, 6) is -8.22. The van der Waals surface area contributed by atoms with Gasteiger partial charge in [-0.15, -0.1) is 0 Å². The maximum atomic E-state index is 15.5. The van der Waals surface area contributed by atoms with E-state index >= 15 is 8.78 Å². The molecule has 3 rings (SSSR count). The predicted octanol–water partition coefficient (Wildman–Crippen LogP) is 3.48. The van der Waals surface area contributed by atoms with E-state index in [9.17, 15) is 13.2 Å². The Kier molecular flexibility index (Phi) is 2.22. The summed E-state index contributed by atoms with van der Waals surface area (Å²) in [6, 6.07) is -3.96. The van der Waals surface area contributed by atoms with Crippen molar-refractivity contribution in [3.8, 4) is 11.4 Å². The highest BCUT2D eigenvalue weighted by atomic mass is 32.2. The van der Waals surface area contributed by atoms with Gasteiger partial charge in [-0.25, -0.2) is 22.2 Å². The topological polar surface area (TPSA) is 91.9 Å². The van der Waals surface area contributed by atoms with Gasteiger partial charge in [-0.05, 0) is 36.9 Å². The molecule has 0 amide bonds. The zero-order valence-corrected chi connectivity index (χ0v) is 13.9. The molecule has 0 fully saturated rings. The molecule has 1 aromatic carbocycles. The van der Waals surface area contributed by atoms with Gasteiger partial charge in [-0.2, -0.15) is 0 Å². The van der Waals surface area contributed by atoms with Gasteiger partial charge in [0.2, 0.25) is 15.8 Å². The molecule has 1 aromatic rings. The second-order valence-corrected chi connectivity index (χ2v) is 6.79. The van der Waals surface area contributed by atoms with Crippen molar-refractivity contribution < 1.29 is 39.8 Å². The van der Waals surface area contributed by atoms with E-state index in [4.69, 9.17) is 17.8 Å². The van der Waals surface area contributed by atoms with E-state index in [0.717, 1.165) is 0 Å². The molecular weight excluding hydrogens is 376 g/mol. The van der Waals surface area contributed by atoms with Gasteiger partial charge in [-0.1, -0.05) is 6.85 Å². The first-order valence-corrected chi connectivity index (χ1v) is 8.61. The smallest absolute Gasteiger partial charge is 0.232 e. The number of H-pyrrole nitrogens is 1. The Bertz CT molecular complexity index is 1620. The number of benzene rings is 1. The van der Waals surface area contributed by atoms with Crippen molar-refractivity contribution in [1.82, 2.24) is 9.97 Å². The number of halogens is 2. The lowest BCUT2D eigenvalue weighted by atomic mass is 9.99. The lowest BCUT2D eigenvalue weighted by Gasteiger charge is -2.11. The van der Waals surface area contributed by atoms with Crippen molar-refractivity contribution in [2.24, 2.45) is 0 Å². The maximum Gasteiger partial charge on any atom is 0.232 e. The number of rotatable bonds is 6. The number of pyridine rings is 1. The van der Waals surface area contributed by atoms with Crippen LogP contribution in [0.1, 0.15) is 52.5 Å². The number of fused-ring (bicyclic) bond motifs is 1. The van der Waals surface area contributed by atoms with Gasteiger partial charge in [-0.3, -0.25) is 9.52 Å². The minimum atomic E-state index is -5.15. The number of sulfonamides is 1. The number of aromatic amines is 1. The Balaban J connectivity index is 2.25. The first kappa shape index (κ1) is 8.47. The van der Waals surface area contributed by atoms with E-state index in [1.165, 1.54) is 4.72 Å². The summed E-state index contributed by atoms with van der Waals surface area (Å²) in [5.41, 5.74) is -5.89. The number of ketones is 1. The zero-order valence-electron chi connectivity index (χ0n) is 26.0. The van der Waals surface area contributed by atoms with Gasteiger partial charge in [0.1, 0.15) is 11.6 Å². The fourth-order valence-corrected chi connectivity index (χ4v) is 2.85. The molecule has 0 bridgehead atoms. The van der Waals surface area contributed by atoms with Crippen LogP contribution in [0.5, 0.6) is 0 Å². The standard InChI is InChI=1S/C18H17F2N3O3S/c1-3-6-27(25,26)23-14-5-4-13(19)15(16(14)20)17(24)12-9-22-18-11(12)7-10(2)8-21-18/h4-5,7-9,23H,3,6H2,1-2H3,(H,21,22)/i1D3,2D3,3D2,4D,5D,7D,8D,9D. The summed E-state index contributed by atoms with van der Waals surface area (Å²) in [4.78, 5) is 19.1. The lowest BCUT2D eigenvalue weighted by molar-refractivity contribution is 0.103. The molecule has 27 heavy (non-hydrogen) atoms. The van der Waals surface area contributed by atoms with Crippen LogP contribution in [0.4, 0.5) is 14.5 Å². The Hall–Kier alpha value is -2.81. The van der Waals surface area contributed by atoms with Crippen molar-refractivity contribution in [2.45, 2.75) is 20.1 Å². The fraction of sp³-hybridized carbons (Fsp3) is 0.222. The molecule has 0 aliphatic carbocycles. The van der Waals surface area contributed by atoms with Crippen molar-refractivity contribution in [2.75, 3.05) is 10.5 Å². The predicted molar refractivity (Wildman–Crippen MR) is 97.4 cm³/mol. The van der Waals surface area contributed by atoms with Crippen molar-refractivity contribution in [1.29, 1.82) is 0 Å². The van der Waals surface area contributed by atoms with E-state index in [1.54, 1.807) is 0 Å². The summed E-state index contributed by atoms with van der Waals surface area (Å²) in [6.07, 6.45) is -5.22. The highest BCUT2D eigenvalue weighted by molar-refractivity contribution is 7.92. The lowest BCUT2D eigenvalue weighted by Crippen LogP contribution is -2.18. The Morgan fingerprint density at radius 1 is 1.44 bits per heavy atom. The molecule has 0 aromatic heterocycles. The van der Waals surface area contributed by atoms with Crippen LogP contribution in [0.2, 0.25) is 0 Å². The van der Waals surface area contributed by atoms with Crippen molar-refractivity contribution in [3.63, 3.8) is 0 Å². The molecule has 0 saturated carbocycles. The molecule has 2 aliphatic rings. The molecule has 0 spiro atoms. The van der Waals surface area contributed by atoms with Crippen LogP contribution in [-0.4, -0.2) is 29.9 Å². The third-order valence-electron chi connectivity index (χ3n) is 3.25. The quantitative estimate of drug-likeness (QED) is 0.613. The minimum Gasteiger partial charge on any atom is -0.346 e. The molecule has 142 valence electrons. The van der Waals surface area contributed by atoms with Gasteiger partial charge < -0.3 is 4.98 Å². The number of carbonyl (C=O) groups excluding carboxylic acids is 1. The molecule has 6 nitrogen and oxygen atoms in total. The first-order valence-electron chi connectivity index (χ1n) is 13.5. The van der Waals surface area contributed by atoms with Crippen LogP contribution in [0, 0.1) is 18.5 Å². The fourth-order valence-electron chi connectivity index (χ4n) is 2.13. The normalized spacial score (nSPS) is 20.1. The second-order valence-electron chi connectivity index (χ2n) is 5.07. The summed E-state index contributed by atoms with van der Waals surface area (Å²) in [6.45, 7) is -6.54. The van der Waals surface area contributed by atoms with E-state index < -0.39 is 118 Å². The van der Waals surface area contributed by atoms with Crippen LogP contribution < -0.4 is 4.72 Å². The molecule has 2 N–H and O–H groups in total. The van der Waals surface area contributed by atoms with Crippen LogP contribution in [0.25, 0.3) is 11.4 Å². The van der Waals surface area contributed by atoms with E-state index in [-0.39, 0.29) is 0 Å². The third kappa shape index (κ3) is 3.68. The van der Waals surface area contributed by atoms with Crippen molar-refractivity contribution >= 4 is 21.5 Å². The SMILES string of the molecule is [2H]c1nc2[nH]c([2H])c(C([2H])([2H])[2H])c([2H])c-2c1C(=O)c1c(F)c([2H])c([2H])c(NS(=O)(=O)CC([2H])([2H])C([2H])([2H])[2H])c1F. The molecular formula is C18H17F2N3O3S. The monoisotopic (exact) mass is 406 g/mol. The number of hydrogen-bond acceptors (Lipinski definition) is 4. The maximum absolute atomic E-state index is 15.5. The van der Waals surface area contributed by atoms with Crippen LogP contribution in [0.3, 0.4) is 0 Å². The summed E-state index contributed by atoms with van der Waals surface area (Å²) < 4.78 is 155. The molecule has 2 heterocycles. The van der Waals surface area contributed by atoms with Gasteiger partial charge in [0.15, 0.2) is 5.82 Å². The average Bonchev–Trinajstić information content (AvgIpc) is 3.08. The largest absolute Gasteiger partial charge is 0.346 e. The highest BCUT2D eigenvalue weighted by Gasteiger charge is 2.27. The zero-order chi connectivity index (χ0) is 30.9. The number of aromatic nitrogens is 2. The van der Waals surface area contributed by atoms with Gasteiger partial charge in [0, 0.05) is 28.9 Å². The van der Waals surface area contributed by atoms with Crippen LogP contribution >= 0.6 is 0 Å². The number of carbonyl (C=O) groups is 1. The summed E-state index contributed by atoms with van der Waals surface area (Å²) in [5, 5.41) is 0. The third-order valence-corrected chi connectivity index (χ3v) is 4.29. The Labute approximate surface area is 173 Å². The van der Waals surface area contributed by atoms with Crippen LogP contribution in [0.15, 0.2) is 30.5 Å². The number of anilines is 1. The molecule has 0 atom stereocenters. The van der Waals surface area contributed by atoms with Crippen molar-refractivity contribution in [3.05, 3.63) is 58.8 Å². The van der Waals surface area contributed by atoms with Gasteiger partial charge in [0.05, 0.1) is 29.4 Å². The number of hydrogen-bond donors (Lipinski definition) is 2. The van der Waals surface area contributed by atoms with Crippen LogP contribution in [-0.2, 0) is 10.0 Å². The molecule has 0 saturated heterocycles. The highest BCUT2D eigenvalue weighted by Crippen LogP contribution is 2.30. The molecule has 2 aliphatic heterocycles. The Morgan fingerprint density at radius 3 is 3.00 bits per heavy atom. The number of nitrogens with zero attached hydrogens (tertiary/aromatic N) is 1. The summed E-state index contributed by atoms with van der Waals surface area (Å²) in [7, 11) is -5.15. The van der Waals surface area contributed by atoms with E-state index in [0.29, 0.717) is 0 Å². The van der Waals surface area contributed by atoms with Gasteiger partial charge >= 0.3 is 0 Å². The van der Waals surface area contributed by atoms with Gasteiger partial charge in [0.25, 0.3) is 0 Å². The molecule has 0 unspecified atom stereocenters. The second kappa shape index (κ2) is 7.07. The summed E-state index contributed by atoms with van der Waals surface area (Å²) >= 11 is 0. The van der Waals surface area contributed by atoms with E-state index in [1.807, 2.05) is 0 Å². The first-order chi connectivity index (χ1) is 17.9. The Morgan fingerprint density at radius 2 is 2.26 bits per heavy atom. The number of nitrogens with one attached hydrogen (secondary N) is 2. The minimum absolute atomic E-state index is 0.534. The average molecular weight is 406 g/mol.